The Balaban J connectivity index is 1.57. The number of carbonyl (C=O) groups is 1. The van der Waals surface area contributed by atoms with Crippen molar-refractivity contribution in [3.05, 3.63) is 0 Å². The Labute approximate surface area is 122 Å². The number of hydrogen-bond donors (Lipinski definition) is 2. The Morgan fingerprint density at radius 2 is 2.05 bits per heavy atom. The van der Waals surface area contributed by atoms with Crippen LogP contribution in [0.1, 0.15) is 58.8 Å². The third-order valence-electron chi connectivity index (χ3n) is 5.76. The third kappa shape index (κ3) is 2.73. The summed E-state index contributed by atoms with van der Waals surface area (Å²) in [7, 11) is 0. The summed E-state index contributed by atoms with van der Waals surface area (Å²) in [6.45, 7) is 4.91. The second kappa shape index (κ2) is 5.64. The molecule has 3 fully saturated rings. The summed E-state index contributed by atoms with van der Waals surface area (Å²) in [5, 5.41) is 6.85. The van der Waals surface area contributed by atoms with Gasteiger partial charge in [0.1, 0.15) is 0 Å². The SMILES string of the molecule is CC1OCCC1(C)NC(=O)C1CCC2CCCCC2N1. The molecule has 1 amide bonds. The number of carbonyl (C=O) groups excluding carboxylic acids is 1. The van der Waals surface area contributed by atoms with E-state index < -0.39 is 0 Å². The van der Waals surface area contributed by atoms with Gasteiger partial charge in [-0.25, -0.2) is 0 Å². The summed E-state index contributed by atoms with van der Waals surface area (Å²) in [5.41, 5.74) is -0.192. The molecule has 1 aliphatic carbocycles. The molecule has 2 saturated heterocycles. The maximum atomic E-state index is 12.6. The third-order valence-corrected chi connectivity index (χ3v) is 5.76. The number of amides is 1. The van der Waals surface area contributed by atoms with Gasteiger partial charge >= 0.3 is 0 Å². The number of piperidine rings is 1. The fraction of sp³-hybridized carbons (Fsp3) is 0.938. The molecule has 0 aromatic heterocycles. The van der Waals surface area contributed by atoms with Crippen LogP contribution in [0, 0.1) is 5.92 Å². The molecule has 4 nitrogen and oxygen atoms in total. The normalized spacial score (nSPS) is 44.9. The first-order chi connectivity index (χ1) is 9.58. The topological polar surface area (TPSA) is 50.4 Å². The van der Waals surface area contributed by atoms with Crippen molar-refractivity contribution in [3.8, 4) is 0 Å². The summed E-state index contributed by atoms with van der Waals surface area (Å²) >= 11 is 0. The Bertz CT molecular complexity index is 373. The Morgan fingerprint density at radius 3 is 2.80 bits per heavy atom. The number of rotatable bonds is 2. The minimum atomic E-state index is -0.192. The lowest BCUT2D eigenvalue weighted by Gasteiger charge is -2.41. The maximum Gasteiger partial charge on any atom is 0.237 e. The number of nitrogens with one attached hydrogen (secondary N) is 2. The smallest absolute Gasteiger partial charge is 0.237 e. The summed E-state index contributed by atoms with van der Waals surface area (Å²) in [5.74, 6) is 0.978. The monoisotopic (exact) mass is 280 g/mol. The van der Waals surface area contributed by atoms with Crippen LogP contribution >= 0.6 is 0 Å². The van der Waals surface area contributed by atoms with Crippen LogP contribution in [0.15, 0.2) is 0 Å². The molecule has 2 heterocycles. The van der Waals surface area contributed by atoms with Crippen molar-refractivity contribution in [1.29, 1.82) is 0 Å². The minimum Gasteiger partial charge on any atom is -0.376 e. The van der Waals surface area contributed by atoms with Gasteiger partial charge in [0.15, 0.2) is 0 Å². The highest BCUT2D eigenvalue weighted by molar-refractivity contribution is 5.82. The summed E-state index contributed by atoms with van der Waals surface area (Å²) in [4.78, 5) is 12.6. The molecule has 20 heavy (non-hydrogen) atoms. The van der Waals surface area contributed by atoms with Crippen molar-refractivity contribution in [2.24, 2.45) is 5.92 Å². The van der Waals surface area contributed by atoms with Crippen LogP contribution in [0.25, 0.3) is 0 Å². The van der Waals surface area contributed by atoms with Crippen molar-refractivity contribution in [3.63, 3.8) is 0 Å². The molecule has 2 aliphatic heterocycles. The molecule has 4 heteroatoms. The molecule has 0 spiro atoms. The van der Waals surface area contributed by atoms with Gasteiger partial charge in [0, 0.05) is 12.6 Å². The van der Waals surface area contributed by atoms with Crippen LogP contribution < -0.4 is 10.6 Å². The molecule has 0 bridgehead atoms. The van der Waals surface area contributed by atoms with Crippen molar-refractivity contribution < 1.29 is 9.53 Å². The lowest BCUT2D eigenvalue weighted by atomic mass is 9.77. The van der Waals surface area contributed by atoms with E-state index in [-0.39, 0.29) is 23.6 Å². The van der Waals surface area contributed by atoms with Gasteiger partial charge in [0.25, 0.3) is 0 Å². The van der Waals surface area contributed by atoms with Crippen LogP contribution in [0.5, 0.6) is 0 Å². The average molecular weight is 280 g/mol. The lowest BCUT2D eigenvalue weighted by molar-refractivity contribution is -0.127. The van der Waals surface area contributed by atoms with E-state index >= 15 is 0 Å². The fourth-order valence-corrected chi connectivity index (χ4v) is 4.07. The fourth-order valence-electron chi connectivity index (χ4n) is 4.07. The first-order valence-electron chi connectivity index (χ1n) is 8.28. The zero-order valence-corrected chi connectivity index (χ0v) is 12.8. The van der Waals surface area contributed by atoms with E-state index in [4.69, 9.17) is 4.74 Å². The van der Waals surface area contributed by atoms with Gasteiger partial charge in [-0.3, -0.25) is 4.79 Å². The molecule has 3 aliphatic rings. The van der Waals surface area contributed by atoms with Gasteiger partial charge < -0.3 is 15.4 Å². The van der Waals surface area contributed by atoms with Gasteiger partial charge in [0.05, 0.1) is 17.7 Å². The quantitative estimate of drug-likeness (QED) is 0.813. The lowest BCUT2D eigenvalue weighted by Crippen LogP contribution is -2.60. The maximum absolute atomic E-state index is 12.6. The molecule has 1 saturated carbocycles. The molecule has 5 atom stereocenters. The molecule has 3 rings (SSSR count). The van der Waals surface area contributed by atoms with Crippen LogP contribution in [-0.4, -0.2) is 36.2 Å². The van der Waals surface area contributed by atoms with Gasteiger partial charge in [-0.15, -0.1) is 0 Å². The highest BCUT2D eigenvalue weighted by atomic mass is 16.5. The average Bonchev–Trinajstić information content (AvgIpc) is 2.77. The predicted octanol–water partition coefficient (Wildman–Crippen LogP) is 1.98. The molecule has 0 radical (unpaired) electrons. The number of ether oxygens (including phenoxy) is 1. The van der Waals surface area contributed by atoms with Gasteiger partial charge in [-0.1, -0.05) is 12.8 Å². The van der Waals surface area contributed by atoms with E-state index in [0.29, 0.717) is 6.04 Å². The van der Waals surface area contributed by atoms with E-state index in [1.807, 2.05) is 0 Å². The highest BCUT2D eigenvalue weighted by Crippen LogP contribution is 2.32. The summed E-state index contributed by atoms with van der Waals surface area (Å²) in [6, 6.07) is 0.567. The number of fused-ring (bicyclic) bond motifs is 1. The Hall–Kier alpha value is -0.610. The molecule has 0 aromatic carbocycles. The molecular weight excluding hydrogens is 252 g/mol. The zero-order valence-electron chi connectivity index (χ0n) is 12.8. The molecular formula is C16H28N2O2. The van der Waals surface area contributed by atoms with E-state index in [0.717, 1.165) is 25.4 Å². The Morgan fingerprint density at radius 1 is 1.25 bits per heavy atom. The number of hydrogen-bond acceptors (Lipinski definition) is 3. The highest BCUT2D eigenvalue weighted by Gasteiger charge is 2.41. The zero-order chi connectivity index (χ0) is 14.2. The van der Waals surface area contributed by atoms with Crippen LogP contribution in [0.4, 0.5) is 0 Å². The predicted molar refractivity (Wildman–Crippen MR) is 78.5 cm³/mol. The van der Waals surface area contributed by atoms with Crippen molar-refractivity contribution in [2.75, 3.05) is 6.61 Å². The minimum absolute atomic E-state index is 0.000949. The van der Waals surface area contributed by atoms with Gasteiger partial charge in [0.2, 0.25) is 5.91 Å². The molecule has 2 N–H and O–H groups in total. The summed E-state index contributed by atoms with van der Waals surface area (Å²) in [6.07, 6.45) is 8.48. The van der Waals surface area contributed by atoms with Crippen LogP contribution in [0.3, 0.4) is 0 Å². The van der Waals surface area contributed by atoms with Gasteiger partial charge in [-0.05, 0) is 51.9 Å². The summed E-state index contributed by atoms with van der Waals surface area (Å²) < 4.78 is 5.61. The van der Waals surface area contributed by atoms with Crippen molar-refractivity contribution in [2.45, 2.75) is 82.5 Å². The molecule has 0 aromatic rings. The first kappa shape index (κ1) is 14.3. The first-order valence-corrected chi connectivity index (χ1v) is 8.28. The van der Waals surface area contributed by atoms with Crippen LogP contribution in [-0.2, 0) is 9.53 Å². The standard InChI is InChI=1S/C16H28N2O2/c1-11-16(2,9-10-20-11)18-15(19)14-8-7-12-5-3-4-6-13(12)17-14/h11-14,17H,3-10H2,1-2H3,(H,18,19). The van der Waals surface area contributed by atoms with Gasteiger partial charge in [-0.2, -0.15) is 0 Å². The van der Waals surface area contributed by atoms with Crippen molar-refractivity contribution in [1.82, 2.24) is 10.6 Å². The van der Waals surface area contributed by atoms with Crippen molar-refractivity contribution >= 4 is 5.91 Å². The van der Waals surface area contributed by atoms with E-state index in [1.54, 1.807) is 0 Å². The molecule has 5 unspecified atom stereocenters. The Kier molecular flexibility index (Phi) is 4.04. The van der Waals surface area contributed by atoms with E-state index in [1.165, 1.54) is 32.1 Å². The second-order valence-electron chi connectivity index (χ2n) is 7.12. The second-order valence-corrected chi connectivity index (χ2v) is 7.12. The molecule has 114 valence electrons. The van der Waals surface area contributed by atoms with E-state index in [9.17, 15) is 4.79 Å². The van der Waals surface area contributed by atoms with Crippen LogP contribution in [0.2, 0.25) is 0 Å². The van der Waals surface area contributed by atoms with E-state index in [2.05, 4.69) is 24.5 Å². The largest absolute Gasteiger partial charge is 0.376 e.